The van der Waals surface area contributed by atoms with E-state index in [1.165, 1.54) is 24.3 Å². The van der Waals surface area contributed by atoms with Gasteiger partial charge < -0.3 is 10.1 Å². The topological polar surface area (TPSA) is 84.5 Å². The van der Waals surface area contributed by atoms with Gasteiger partial charge >= 0.3 is 0 Å². The van der Waals surface area contributed by atoms with Crippen LogP contribution < -0.4 is 14.8 Å². The molecule has 0 aliphatic carbocycles. The molecule has 2 rings (SSSR count). The maximum atomic E-state index is 12.1. The highest BCUT2D eigenvalue weighted by molar-refractivity contribution is 7.89. The summed E-state index contributed by atoms with van der Waals surface area (Å²) in [4.78, 5) is 12.0. The normalized spacial score (nSPS) is 11.3. The number of amides is 1. The second kappa shape index (κ2) is 9.61. The Labute approximate surface area is 172 Å². The summed E-state index contributed by atoms with van der Waals surface area (Å²) in [5.74, 6) is -0.249. The van der Waals surface area contributed by atoms with Crippen LogP contribution >= 0.6 is 34.8 Å². The van der Waals surface area contributed by atoms with Crippen molar-refractivity contribution in [2.45, 2.75) is 18.2 Å². The predicted molar refractivity (Wildman–Crippen MR) is 108 cm³/mol. The van der Waals surface area contributed by atoms with Gasteiger partial charge in [0.15, 0.2) is 6.61 Å². The smallest absolute Gasteiger partial charge is 0.262 e. The zero-order valence-electron chi connectivity index (χ0n) is 14.3. The van der Waals surface area contributed by atoms with E-state index >= 15 is 0 Å². The molecule has 0 atom stereocenters. The summed E-state index contributed by atoms with van der Waals surface area (Å²) in [6.07, 6.45) is 0.669. The van der Waals surface area contributed by atoms with Crippen molar-refractivity contribution >= 4 is 56.4 Å². The number of ether oxygens (including phenoxy) is 1. The summed E-state index contributed by atoms with van der Waals surface area (Å²) < 4.78 is 32.0. The molecule has 0 spiro atoms. The molecule has 0 aliphatic heterocycles. The minimum Gasteiger partial charge on any atom is -0.482 e. The Balaban J connectivity index is 1.99. The fraction of sp³-hybridized carbons (Fsp3) is 0.235. The van der Waals surface area contributed by atoms with Gasteiger partial charge in [0.2, 0.25) is 10.0 Å². The minimum absolute atomic E-state index is 0.0218. The van der Waals surface area contributed by atoms with Gasteiger partial charge in [0, 0.05) is 12.2 Å². The Morgan fingerprint density at radius 1 is 1.04 bits per heavy atom. The molecule has 0 saturated carbocycles. The molecule has 10 heteroatoms. The Morgan fingerprint density at radius 2 is 1.78 bits per heavy atom. The zero-order chi connectivity index (χ0) is 20.0. The molecule has 0 aromatic heterocycles. The third-order valence-electron chi connectivity index (χ3n) is 3.32. The number of sulfonamides is 1. The Bertz CT molecular complexity index is 936. The van der Waals surface area contributed by atoms with E-state index in [1.54, 1.807) is 12.1 Å². The van der Waals surface area contributed by atoms with Crippen LogP contribution in [-0.4, -0.2) is 27.5 Å². The van der Waals surface area contributed by atoms with Gasteiger partial charge in [0.25, 0.3) is 5.91 Å². The van der Waals surface area contributed by atoms with Crippen molar-refractivity contribution in [1.29, 1.82) is 0 Å². The highest BCUT2D eigenvalue weighted by Crippen LogP contribution is 2.28. The monoisotopic (exact) mass is 450 g/mol. The molecule has 0 bridgehead atoms. The third-order valence-corrected chi connectivity index (χ3v) is 5.81. The molecule has 0 unspecified atom stereocenters. The lowest BCUT2D eigenvalue weighted by atomic mass is 10.3. The van der Waals surface area contributed by atoms with Crippen LogP contribution in [0.25, 0.3) is 0 Å². The van der Waals surface area contributed by atoms with Gasteiger partial charge in [-0.15, -0.1) is 0 Å². The Hall–Kier alpha value is -1.51. The van der Waals surface area contributed by atoms with E-state index in [2.05, 4.69) is 10.0 Å². The number of rotatable bonds is 8. The quantitative estimate of drug-likeness (QED) is 0.625. The zero-order valence-corrected chi connectivity index (χ0v) is 17.3. The third kappa shape index (κ3) is 6.26. The molecule has 0 fully saturated rings. The van der Waals surface area contributed by atoms with Crippen LogP contribution in [0.4, 0.5) is 5.69 Å². The largest absolute Gasteiger partial charge is 0.482 e. The van der Waals surface area contributed by atoms with Crippen LogP contribution in [0.15, 0.2) is 41.3 Å². The fourth-order valence-corrected chi connectivity index (χ4v) is 3.76. The first-order valence-corrected chi connectivity index (χ1v) is 10.5. The number of nitrogens with one attached hydrogen (secondary N) is 2. The van der Waals surface area contributed by atoms with Crippen molar-refractivity contribution in [3.63, 3.8) is 0 Å². The van der Waals surface area contributed by atoms with E-state index in [0.29, 0.717) is 28.7 Å². The van der Waals surface area contributed by atoms with Crippen LogP contribution in [0.5, 0.6) is 5.75 Å². The summed E-state index contributed by atoms with van der Waals surface area (Å²) >= 11 is 17.8. The molecule has 0 aliphatic rings. The van der Waals surface area contributed by atoms with Crippen molar-refractivity contribution in [3.8, 4) is 5.75 Å². The fourth-order valence-electron chi connectivity index (χ4n) is 2.00. The number of hydrogen-bond donors (Lipinski definition) is 2. The number of halogens is 3. The Kier molecular flexibility index (Phi) is 7.76. The van der Waals surface area contributed by atoms with E-state index in [1.807, 2.05) is 6.92 Å². The van der Waals surface area contributed by atoms with Crippen molar-refractivity contribution in [3.05, 3.63) is 51.5 Å². The lowest BCUT2D eigenvalue weighted by Gasteiger charge is -2.11. The standard InChI is InChI=1S/C17H17Cl3N2O4S/c1-2-7-21-27(24,25)12-4-6-16(15(20)9-12)26-10-17(23)22-11-3-5-13(18)14(19)8-11/h3-6,8-9,21H,2,7,10H2,1H3,(H,22,23). The average molecular weight is 452 g/mol. The molecule has 0 saturated heterocycles. The molecule has 6 nitrogen and oxygen atoms in total. The van der Waals surface area contributed by atoms with Crippen molar-refractivity contribution < 1.29 is 17.9 Å². The second-order valence-electron chi connectivity index (χ2n) is 5.46. The van der Waals surface area contributed by atoms with Gasteiger partial charge in [-0.1, -0.05) is 41.7 Å². The van der Waals surface area contributed by atoms with E-state index in [9.17, 15) is 13.2 Å². The van der Waals surface area contributed by atoms with Crippen LogP contribution in [0, 0.1) is 0 Å². The second-order valence-corrected chi connectivity index (χ2v) is 8.44. The van der Waals surface area contributed by atoms with Crippen LogP contribution in [0.1, 0.15) is 13.3 Å². The summed E-state index contributed by atoms with van der Waals surface area (Å²) in [6.45, 7) is 1.86. The average Bonchev–Trinajstić information content (AvgIpc) is 2.62. The molecular formula is C17H17Cl3N2O4S. The highest BCUT2D eigenvalue weighted by Gasteiger charge is 2.16. The minimum atomic E-state index is -3.63. The van der Waals surface area contributed by atoms with E-state index in [0.717, 1.165) is 0 Å². The van der Waals surface area contributed by atoms with E-state index in [-0.39, 0.29) is 22.3 Å². The first-order valence-electron chi connectivity index (χ1n) is 7.90. The molecule has 27 heavy (non-hydrogen) atoms. The van der Waals surface area contributed by atoms with E-state index < -0.39 is 15.9 Å². The van der Waals surface area contributed by atoms with Crippen LogP contribution in [0.3, 0.4) is 0 Å². The lowest BCUT2D eigenvalue weighted by Crippen LogP contribution is -2.24. The summed E-state index contributed by atoms with van der Waals surface area (Å²) in [6, 6.07) is 8.69. The SMILES string of the molecule is CCCNS(=O)(=O)c1ccc(OCC(=O)Nc2ccc(Cl)c(Cl)c2)c(Cl)c1. The summed E-state index contributed by atoms with van der Waals surface area (Å²) in [7, 11) is -3.63. The summed E-state index contributed by atoms with van der Waals surface area (Å²) in [5.41, 5.74) is 0.465. The van der Waals surface area contributed by atoms with Gasteiger partial charge in [0.1, 0.15) is 5.75 Å². The molecule has 2 aromatic carbocycles. The molecule has 2 N–H and O–H groups in total. The molecule has 0 radical (unpaired) electrons. The van der Waals surface area contributed by atoms with Crippen LogP contribution in [0.2, 0.25) is 15.1 Å². The lowest BCUT2D eigenvalue weighted by molar-refractivity contribution is -0.118. The van der Waals surface area contributed by atoms with Gasteiger partial charge in [-0.05, 0) is 42.8 Å². The van der Waals surface area contributed by atoms with E-state index in [4.69, 9.17) is 39.5 Å². The number of anilines is 1. The maximum Gasteiger partial charge on any atom is 0.262 e. The van der Waals surface area contributed by atoms with Gasteiger partial charge in [-0.25, -0.2) is 13.1 Å². The van der Waals surface area contributed by atoms with Crippen molar-refractivity contribution in [1.82, 2.24) is 4.72 Å². The molecule has 146 valence electrons. The van der Waals surface area contributed by atoms with Crippen molar-refractivity contribution in [2.75, 3.05) is 18.5 Å². The predicted octanol–water partition coefficient (Wildman–Crippen LogP) is 4.35. The van der Waals surface area contributed by atoms with Crippen LogP contribution in [-0.2, 0) is 14.8 Å². The van der Waals surface area contributed by atoms with Gasteiger partial charge in [-0.2, -0.15) is 0 Å². The maximum absolute atomic E-state index is 12.1. The van der Waals surface area contributed by atoms with Gasteiger partial charge in [0.05, 0.1) is 20.0 Å². The molecule has 1 amide bonds. The first-order chi connectivity index (χ1) is 12.7. The van der Waals surface area contributed by atoms with Gasteiger partial charge in [-0.3, -0.25) is 4.79 Å². The number of benzene rings is 2. The Morgan fingerprint density at radius 3 is 2.41 bits per heavy atom. The number of hydrogen-bond acceptors (Lipinski definition) is 4. The number of carbonyl (C=O) groups is 1. The highest BCUT2D eigenvalue weighted by atomic mass is 35.5. The first kappa shape index (κ1) is 21.8. The molecule has 2 aromatic rings. The number of carbonyl (C=O) groups excluding carboxylic acids is 1. The van der Waals surface area contributed by atoms with Crippen molar-refractivity contribution in [2.24, 2.45) is 0 Å². The molecule has 0 heterocycles. The summed E-state index contributed by atoms with van der Waals surface area (Å²) in [5, 5.41) is 3.37. The molecular weight excluding hydrogens is 435 g/mol.